The van der Waals surface area contributed by atoms with Gasteiger partial charge < -0.3 is 5.32 Å². The standard InChI is InChI=1S/C15H9Cl2N3O/c16-12-8-19-14(17)6-11(12)15(21)20-13-3-1-2-9-7-18-5-4-10(9)13/h1-8H,(H,20,21). The first kappa shape index (κ1) is 13.8. The van der Waals surface area contributed by atoms with Crippen molar-refractivity contribution in [3.8, 4) is 0 Å². The van der Waals surface area contributed by atoms with E-state index in [1.807, 2.05) is 24.3 Å². The molecule has 3 aromatic rings. The van der Waals surface area contributed by atoms with Crippen LogP contribution in [0, 0.1) is 0 Å². The third-order valence-electron chi connectivity index (χ3n) is 3.00. The van der Waals surface area contributed by atoms with Gasteiger partial charge in [0.25, 0.3) is 5.91 Å². The SMILES string of the molecule is O=C(Nc1cccc2cnccc12)c1cc(Cl)ncc1Cl. The Morgan fingerprint density at radius 1 is 1.14 bits per heavy atom. The van der Waals surface area contributed by atoms with E-state index in [0.717, 1.165) is 10.8 Å². The molecular weight excluding hydrogens is 309 g/mol. The molecule has 0 aliphatic rings. The van der Waals surface area contributed by atoms with Gasteiger partial charge in [-0.2, -0.15) is 0 Å². The van der Waals surface area contributed by atoms with Gasteiger partial charge in [-0.3, -0.25) is 9.78 Å². The van der Waals surface area contributed by atoms with E-state index in [1.165, 1.54) is 12.3 Å². The third-order valence-corrected chi connectivity index (χ3v) is 3.50. The highest BCUT2D eigenvalue weighted by atomic mass is 35.5. The molecule has 4 nitrogen and oxygen atoms in total. The van der Waals surface area contributed by atoms with Crippen molar-refractivity contribution in [2.24, 2.45) is 0 Å². The molecule has 0 saturated carbocycles. The first-order valence-corrected chi connectivity index (χ1v) is 6.86. The number of carbonyl (C=O) groups is 1. The van der Waals surface area contributed by atoms with Crippen molar-refractivity contribution < 1.29 is 4.79 Å². The molecule has 0 spiro atoms. The third kappa shape index (κ3) is 2.82. The Morgan fingerprint density at radius 2 is 2.00 bits per heavy atom. The zero-order valence-corrected chi connectivity index (χ0v) is 12.2. The average Bonchev–Trinajstić information content (AvgIpc) is 2.50. The molecule has 0 bridgehead atoms. The second-order valence-corrected chi connectivity index (χ2v) is 5.14. The highest BCUT2D eigenvalue weighted by molar-refractivity contribution is 6.35. The lowest BCUT2D eigenvalue weighted by atomic mass is 10.1. The van der Waals surface area contributed by atoms with Gasteiger partial charge >= 0.3 is 0 Å². The van der Waals surface area contributed by atoms with E-state index in [-0.39, 0.29) is 21.6 Å². The van der Waals surface area contributed by atoms with Gasteiger partial charge in [0.15, 0.2) is 0 Å². The molecule has 0 unspecified atom stereocenters. The van der Waals surface area contributed by atoms with E-state index >= 15 is 0 Å². The van der Waals surface area contributed by atoms with Crippen molar-refractivity contribution >= 4 is 45.6 Å². The van der Waals surface area contributed by atoms with Crippen LogP contribution in [0.1, 0.15) is 10.4 Å². The largest absolute Gasteiger partial charge is 0.321 e. The van der Waals surface area contributed by atoms with Crippen molar-refractivity contribution in [3.05, 3.63) is 64.7 Å². The monoisotopic (exact) mass is 317 g/mol. The van der Waals surface area contributed by atoms with Gasteiger partial charge in [0.2, 0.25) is 0 Å². The molecule has 2 aromatic heterocycles. The van der Waals surface area contributed by atoms with Crippen LogP contribution in [-0.2, 0) is 0 Å². The summed E-state index contributed by atoms with van der Waals surface area (Å²) in [6.07, 6.45) is 4.77. The van der Waals surface area contributed by atoms with Crippen molar-refractivity contribution in [2.75, 3.05) is 5.32 Å². The molecule has 0 aliphatic carbocycles. The van der Waals surface area contributed by atoms with Gasteiger partial charge in [-0.15, -0.1) is 0 Å². The maximum absolute atomic E-state index is 12.3. The normalized spacial score (nSPS) is 10.6. The van der Waals surface area contributed by atoms with Crippen molar-refractivity contribution in [1.29, 1.82) is 0 Å². The zero-order valence-electron chi connectivity index (χ0n) is 10.7. The van der Waals surface area contributed by atoms with Crippen LogP contribution < -0.4 is 5.32 Å². The summed E-state index contributed by atoms with van der Waals surface area (Å²) in [5.74, 6) is -0.339. The van der Waals surface area contributed by atoms with Gasteiger partial charge in [-0.05, 0) is 18.2 Å². The number of amides is 1. The van der Waals surface area contributed by atoms with Crippen molar-refractivity contribution in [1.82, 2.24) is 9.97 Å². The Balaban J connectivity index is 1.99. The highest BCUT2D eigenvalue weighted by Gasteiger charge is 2.13. The smallest absolute Gasteiger partial charge is 0.257 e. The summed E-state index contributed by atoms with van der Waals surface area (Å²) in [5, 5.41) is 5.13. The molecule has 6 heteroatoms. The summed E-state index contributed by atoms with van der Waals surface area (Å²) in [5.41, 5.74) is 0.964. The summed E-state index contributed by atoms with van der Waals surface area (Å²) in [6.45, 7) is 0. The average molecular weight is 318 g/mol. The number of halogens is 2. The molecule has 0 atom stereocenters. The Bertz CT molecular complexity index is 831. The predicted octanol–water partition coefficient (Wildman–Crippen LogP) is 4.19. The van der Waals surface area contributed by atoms with E-state index in [1.54, 1.807) is 12.4 Å². The lowest BCUT2D eigenvalue weighted by Crippen LogP contribution is -2.13. The van der Waals surface area contributed by atoms with E-state index in [0.29, 0.717) is 5.69 Å². The Morgan fingerprint density at radius 3 is 2.86 bits per heavy atom. The van der Waals surface area contributed by atoms with Crippen LogP contribution in [0.5, 0.6) is 0 Å². The molecule has 104 valence electrons. The van der Waals surface area contributed by atoms with E-state index in [4.69, 9.17) is 23.2 Å². The molecule has 1 N–H and O–H groups in total. The van der Waals surface area contributed by atoms with Crippen LogP contribution in [0.4, 0.5) is 5.69 Å². The molecule has 21 heavy (non-hydrogen) atoms. The molecule has 0 saturated heterocycles. The summed E-state index contributed by atoms with van der Waals surface area (Å²) < 4.78 is 0. The molecular formula is C15H9Cl2N3O. The summed E-state index contributed by atoms with van der Waals surface area (Å²) >= 11 is 11.8. The Kier molecular flexibility index (Phi) is 3.73. The van der Waals surface area contributed by atoms with Crippen molar-refractivity contribution in [3.63, 3.8) is 0 Å². The van der Waals surface area contributed by atoms with Crippen LogP contribution in [0.15, 0.2) is 48.9 Å². The molecule has 0 fully saturated rings. The van der Waals surface area contributed by atoms with Gasteiger partial charge in [-0.1, -0.05) is 35.3 Å². The van der Waals surface area contributed by atoms with Gasteiger partial charge in [0.1, 0.15) is 5.15 Å². The maximum atomic E-state index is 12.3. The molecule has 3 rings (SSSR count). The maximum Gasteiger partial charge on any atom is 0.257 e. The quantitative estimate of drug-likeness (QED) is 0.721. The highest BCUT2D eigenvalue weighted by Crippen LogP contribution is 2.24. The lowest BCUT2D eigenvalue weighted by molar-refractivity contribution is 0.102. The zero-order chi connectivity index (χ0) is 14.8. The number of fused-ring (bicyclic) bond motifs is 1. The van der Waals surface area contributed by atoms with Gasteiger partial charge in [0, 0.05) is 35.1 Å². The number of carbonyl (C=O) groups excluding carboxylic acids is 1. The Labute approximate surface area is 130 Å². The van der Waals surface area contributed by atoms with E-state index < -0.39 is 0 Å². The number of hydrogen-bond donors (Lipinski definition) is 1. The number of pyridine rings is 2. The fourth-order valence-corrected chi connectivity index (χ4v) is 2.36. The first-order chi connectivity index (χ1) is 10.1. The predicted molar refractivity (Wildman–Crippen MR) is 84.0 cm³/mol. The minimum absolute atomic E-state index is 0.215. The second-order valence-electron chi connectivity index (χ2n) is 4.34. The fraction of sp³-hybridized carbons (Fsp3) is 0. The minimum Gasteiger partial charge on any atom is -0.321 e. The first-order valence-electron chi connectivity index (χ1n) is 6.10. The molecule has 2 heterocycles. The Hall–Kier alpha value is -2.17. The molecule has 1 aromatic carbocycles. The number of nitrogens with one attached hydrogen (secondary N) is 1. The number of rotatable bonds is 2. The number of nitrogens with zero attached hydrogens (tertiary/aromatic N) is 2. The fourth-order valence-electron chi connectivity index (χ4n) is 2.01. The van der Waals surface area contributed by atoms with Gasteiger partial charge in [0.05, 0.1) is 10.6 Å². The van der Waals surface area contributed by atoms with Crippen LogP contribution in [0.2, 0.25) is 10.2 Å². The summed E-state index contributed by atoms with van der Waals surface area (Å²) in [7, 11) is 0. The van der Waals surface area contributed by atoms with Crippen LogP contribution in [-0.4, -0.2) is 15.9 Å². The summed E-state index contributed by atoms with van der Waals surface area (Å²) in [6, 6.07) is 8.87. The number of hydrogen-bond acceptors (Lipinski definition) is 3. The number of benzene rings is 1. The number of aromatic nitrogens is 2. The topological polar surface area (TPSA) is 54.9 Å². The lowest BCUT2D eigenvalue weighted by Gasteiger charge is -2.09. The van der Waals surface area contributed by atoms with Crippen LogP contribution in [0.3, 0.4) is 0 Å². The van der Waals surface area contributed by atoms with Gasteiger partial charge in [-0.25, -0.2) is 4.98 Å². The van der Waals surface area contributed by atoms with Crippen LogP contribution >= 0.6 is 23.2 Å². The summed E-state index contributed by atoms with van der Waals surface area (Å²) in [4.78, 5) is 20.2. The van der Waals surface area contributed by atoms with Crippen LogP contribution in [0.25, 0.3) is 10.8 Å². The van der Waals surface area contributed by atoms with Crippen molar-refractivity contribution in [2.45, 2.75) is 0 Å². The minimum atomic E-state index is -0.339. The molecule has 0 aliphatic heterocycles. The molecule has 1 amide bonds. The second kappa shape index (κ2) is 5.68. The molecule has 0 radical (unpaired) electrons. The number of anilines is 1. The van der Waals surface area contributed by atoms with E-state index in [2.05, 4.69) is 15.3 Å². The van der Waals surface area contributed by atoms with E-state index in [9.17, 15) is 4.79 Å².